The molecule has 1 saturated heterocycles. The molecule has 3 heterocycles. The van der Waals surface area contributed by atoms with E-state index >= 15 is 0 Å². The highest BCUT2D eigenvalue weighted by molar-refractivity contribution is 6.05. The van der Waals surface area contributed by atoms with Gasteiger partial charge in [0.25, 0.3) is 11.5 Å². The van der Waals surface area contributed by atoms with Crippen molar-refractivity contribution in [2.24, 2.45) is 0 Å². The van der Waals surface area contributed by atoms with Gasteiger partial charge in [-0.25, -0.2) is 4.98 Å². The molecule has 3 N–H and O–H groups in total. The van der Waals surface area contributed by atoms with Gasteiger partial charge in [0, 0.05) is 37.8 Å². The molecule has 0 radical (unpaired) electrons. The van der Waals surface area contributed by atoms with Crippen molar-refractivity contribution in [1.82, 2.24) is 14.5 Å². The molecule has 1 amide bonds. The molecule has 1 aliphatic rings. The number of amides is 1. The number of nitrogens with zero attached hydrogens (tertiary/aromatic N) is 3. The smallest absolute Gasteiger partial charge is 0.260 e. The molecule has 1 fully saturated rings. The fourth-order valence-electron chi connectivity index (χ4n) is 4.14. The van der Waals surface area contributed by atoms with E-state index in [4.69, 9.17) is 19.9 Å². The van der Waals surface area contributed by atoms with E-state index in [2.05, 4.69) is 15.2 Å². The molecule has 0 saturated carbocycles. The summed E-state index contributed by atoms with van der Waals surface area (Å²) in [7, 11) is 1.54. The molecule has 35 heavy (non-hydrogen) atoms. The first kappa shape index (κ1) is 24.5. The predicted octanol–water partition coefficient (Wildman–Crippen LogP) is 2.36. The number of hydrogen-bond donors (Lipinski definition) is 2. The topological polar surface area (TPSA) is 121 Å². The van der Waals surface area contributed by atoms with Crippen LogP contribution in [-0.4, -0.2) is 66.9 Å². The average Bonchev–Trinajstić information content (AvgIpc) is 2.87. The molecule has 0 aliphatic carbocycles. The van der Waals surface area contributed by atoms with Crippen LogP contribution in [0.1, 0.15) is 23.7 Å². The van der Waals surface area contributed by atoms with Crippen molar-refractivity contribution in [3.8, 4) is 11.5 Å². The predicted molar refractivity (Wildman–Crippen MR) is 134 cm³/mol. The Bertz CT molecular complexity index is 1240. The number of carbonyl (C=O) groups is 1. The van der Waals surface area contributed by atoms with Gasteiger partial charge in [0.05, 0.1) is 37.9 Å². The van der Waals surface area contributed by atoms with E-state index in [1.54, 1.807) is 37.4 Å². The molecular weight excluding hydrogens is 450 g/mol. The first-order valence-corrected chi connectivity index (χ1v) is 11.7. The fraction of sp³-hybridized carbons (Fsp3) is 0.400. The molecule has 1 aromatic carbocycles. The summed E-state index contributed by atoms with van der Waals surface area (Å²) in [4.78, 5) is 32.3. The van der Waals surface area contributed by atoms with Crippen LogP contribution >= 0.6 is 0 Å². The van der Waals surface area contributed by atoms with Crippen molar-refractivity contribution in [3.63, 3.8) is 0 Å². The van der Waals surface area contributed by atoms with Crippen LogP contribution in [-0.2, 0) is 11.3 Å². The Morgan fingerprint density at radius 2 is 2.00 bits per heavy atom. The summed E-state index contributed by atoms with van der Waals surface area (Å²) in [6, 6.07) is 8.36. The summed E-state index contributed by atoms with van der Waals surface area (Å²) >= 11 is 0. The SMILES string of the molecule is CCn1c(NC(=O)c2ccc(N)nc2)cc2c(OC)c(OCCCN3CCOCC3)ccc2c1=O. The van der Waals surface area contributed by atoms with Crippen LogP contribution < -0.4 is 26.1 Å². The minimum Gasteiger partial charge on any atom is -0.492 e. The highest BCUT2D eigenvalue weighted by Crippen LogP contribution is 2.35. The molecule has 1 aliphatic heterocycles. The fourth-order valence-corrected chi connectivity index (χ4v) is 4.14. The van der Waals surface area contributed by atoms with Crippen LogP contribution in [0.2, 0.25) is 0 Å². The highest BCUT2D eigenvalue weighted by Gasteiger charge is 2.18. The van der Waals surface area contributed by atoms with Gasteiger partial charge in [-0.15, -0.1) is 0 Å². The molecule has 4 rings (SSSR count). The van der Waals surface area contributed by atoms with Gasteiger partial charge in [-0.1, -0.05) is 0 Å². The summed E-state index contributed by atoms with van der Waals surface area (Å²) in [5, 5.41) is 3.87. The number of aromatic nitrogens is 2. The van der Waals surface area contributed by atoms with Gasteiger partial charge in [0.2, 0.25) is 0 Å². The maximum absolute atomic E-state index is 13.2. The van der Waals surface area contributed by atoms with Crippen molar-refractivity contribution in [2.45, 2.75) is 19.9 Å². The number of ether oxygens (including phenoxy) is 3. The largest absolute Gasteiger partial charge is 0.492 e. The number of morpholine rings is 1. The lowest BCUT2D eigenvalue weighted by Crippen LogP contribution is -2.37. The number of nitrogen functional groups attached to an aromatic ring is 1. The number of fused-ring (bicyclic) bond motifs is 1. The molecule has 3 aromatic rings. The number of hydrogen-bond acceptors (Lipinski definition) is 8. The Hall–Kier alpha value is -3.63. The second kappa shape index (κ2) is 11.2. The summed E-state index contributed by atoms with van der Waals surface area (Å²) in [5.41, 5.74) is 5.72. The monoisotopic (exact) mass is 481 g/mol. The van der Waals surface area contributed by atoms with Gasteiger partial charge in [-0.3, -0.25) is 19.1 Å². The third kappa shape index (κ3) is 5.55. The maximum Gasteiger partial charge on any atom is 0.260 e. The minimum atomic E-state index is -0.395. The number of rotatable bonds is 9. The first-order valence-electron chi connectivity index (χ1n) is 11.7. The Morgan fingerprint density at radius 3 is 2.69 bits per heavy atom. The van der Waals surface area contributed by atoms with Gasteiger partial charge < -0.3 is 25.3 Å². The number of methoxy groups -OCH3 is 1. The number of benzene rings is 1. The molecule has 10 nitrogen and oxygen atoms in total. The second-order valence-corrected chi connectivity index (χ2v) is 8.22. The zero-order chi connectivity index (χ0) is 24.8. The van der Waals surface area contributed by atoms with E-state index in [1.807, 2.05) is 6.92 Å². The molecule has 2 aromatic heterocycles. The Labute approximate surface area is 203 Å². The van der Waals surface area contributed by atoms with E-state index in [-0.39, 0.29) is 5.56 Å². The second-order valence-electron chi connectivity index (χ2n) is 8.22. The Morgan fingerprint density at radius 1 is 1.20 bits per heavy atom. The average molecular weight is 482 g/mol. The third-order valence-electron chi connectivity index (χ3n) is 6.00. The first-order chi connectivity index (χ1) is 17.0. The van der Waals surface area contributed by atoms with Crippen LogP contribution in [0.15, 0.2) is 41.3 Å². The lowest BCUT2D eigenvalue weighted by atomic mass is 10.1. The van der Waals surface area contributed by atoms with Crippen molar-refractivity contribution in [2.75, 3.05) is 57.6 Å². The van der Waals surface area contributed by atoms with Gasteiger partial charge in [0.1, 0.15) is 11.6 Å². The third-order valence-corrected chi connectivity index (χ3v) is 6.00. The number of anilines is 2. The van der Waals surface area contributed by atoms with E-state index in [9.17, 15) is 9.59 Å². The summed E-state index contributed by atoms with van der Waals surface area (Å²) in [6.07, 6.45) is 2.25. The van der Waals surface area contributed by atoms with Crippen LogP contribution in [0, 0.1) is 0 Å². The lowest BCUT2D eigenvalue weighted by Gasteiger charge is -2.26. The normalized spacial score (nSPS) is 14.1. The van der Waals surface area contributed by atoms with E-state index in [0.717, 1.165) is 39.3 Å². The van der Waals surface area contributed by atoms with Crippen LogP contribution in [0.25, 0.3) is 10.8 Å². The Kier molecular flexibility index (Phi) is 7.84. The van der Waals surface area contributed by atoms with Crippen molar-refractivity contribution in [3.05, 3.63) is 52.4 Å². The molecule has 0 bridgehead atoms. The van der Waals surface area contributed by atoms with Crippen molar-refractivity contribution < 1.29 is 19.0 Å². The van der Waals surface area contributed by atoms with E-state index < -0.39 is 5.91 Å². The van der Waals surface area contributed by atoms with Gasteiger partial charge >= 0.3 is 0 Å². The molecule has 10 heteroatoms. The zero-order valence-corrected chi connectivity index (χ0v) is 20.1. The number of nitrogens with two attached hydrogens (primary N) is 1. The van der Waals surface area contributed by atoms with Crippen LogP contribution in [0.3, 0.4) is 0 Å². The number of nitrogens with one attached hydrogen (secondary N) is 1. The standard InChI is InChI=1S/C25H31N5O5/c1-3-30-22(28-24(31)17-5-8-21(26)27-16-17)15-19-18(25(30)32)6-7-20(23(19)33-2)35-12-4-9-29-10-13-34-14-11-29/h5-8,15-16H,3-4,9-14H2,1-2H3,(H2,26,27)(H,28,31). The molecule has 0 spiro atoms. The van der Waals surface area contributed by atoms with E-state index in [1.165, 1.54) is 10.8 Å². The Balaban J connectivity index is 1.58. The van der Waals surface area contributed by atoms with Crippen molar-refractivity contribution >= 4 is 28.3 Å². The zero-order valence-electron chi connectivity index (χ0n) is 20.1. The number of carbonyl (C=O) groups excluding carboxylic acids is 1. The summed E-state index contributed by atoms with van der Waals surface area (Å²) in [6.45, 7) is 7.07. The lowest BCUT2D eigenvalue weighted by molar-refractivity contribution is 0.0357. The molecule has 0 atom stereocenters. The molecular formula is C25H31N5O5. The van der Waals surface area contributed by atoms with Crippen LogP contribution in [0.5, 0.6) is 11.5 Å². The number of pyridine rings is 2. The van der Waals surface area contributed by atoms with Gasteiger partial charge in [-0.2, -0.15) is 0 Å². The van der Waals surface area contributed by atoms with E-state index in [0.29, 0.717) is 52.6 Å². The molecule has 0 unspecified atom stereocenters. The minimum absolute atomic E-state index is 0.229. The summed E-state index contributed by atoms with van der Waals surface area (Å²) in [5.74, 6) is 1.29. The van der Waals surface area contributed by atoms with Gasteiger partial charge in [0.15, 0.2) is 11.5 Å². The van der Waals surface area contributed by atoms with Crippen molar-refractivity contribution in [1.29, 1.82) is 0 Å². The maximum atomic E-state index is 13.2. The highest BCUT2D eigenvalue weighted by atomic mass is 16.5. The van der Waals surface area contributed by atoms with Gasteiger partial charge in [-0.05, 0) is 43.7 Å². The summed E-state index contributed by atoms with van der Waals surface area (Å²) < 4.78 is 18.6. The quantitative estimate of drug-likeness (QED) is 0.447. The molecule has 186 valence electrons. The van der Waals surface area contributed by atoms with Crippen LogP contribution in [0.4, 0.5) is 11.6 Å².